The zero-order chi connectivity index (χ0) is 31.0. The van der Waals surface area contributed by atoms with Crippen molar-refractivity contribution in [1.82, 2.24) is 25.2 Å². The van der Waals surface area contributed by atoms with Gasteiger partial charge >= 0.3 is 6.01 Å². The molecule has 4 aliphatic heterocycles. The smallest absolute Gasteiger partial charge is 0.319 e. The van der Waals surface area contributed by atoms with Crippen LogP contribution in [0.25, 0.3) is 32.9 Å². The van der Waals surface area contributed by atoms with E-state index in [4.69, 9.17) is 14.7 Å². The Labute approximate surface area is 257 Å². The topological polar surface area (TPSA) is 86.6 Å². The number of pyridine rings is 1. The average molecular weight is 623 g/mol. The number of benzene rings is 2. The third-order valence-electron chi connectivity index (χ3n) is 10.3. The van der Waals surface area contributed by atoms with Crippen molar-refractivity contribution in [2.24, 2.45) is 0 Å². The Morgan fingerprint density at radius 1 is 1.09 bits per heavy atom. The summed E-state index contributed by atoms with van der Waals surface area (Å²) in [5.74, 6) is -2.80. The molecule has 4 aliphatic rings. The highest BCUT2D eigenvalue weighted by atomic mass is 19.2. The Balaban J connectivity index is 1.32. The average Bonchev–Trinajstić information content (AvgIpc) is 3.50. The second-order valence-corrected chi connectivity index (χ2v) is 12.9. The predicted molar refractivity (Wildman–Crippen MR) is 162 cm³/mol. The van der Waals surface area contributed by atoms with Gasteiger partial charge < -0.3 is 20.1 Å². The van der Waals surface area contributed by atoms with E-state index in [1.54, 1.807) is 0 Å². The molecule has 0 saturated carbocycles. The van der Waals surface area contributed by atoms with Crippen molar-refractivity contribution >= 4 is 27.5 Å². The van der Waals surface area contributed by atoms with Crippen molar-refractivity contribution in [3.8, 4) is 23.0 Å². The van der Waals surface area contributed by atoms with E-state index < -0.39 is 29.2 Å². The summed E-state index contributed by atoms with van der Waals surface area (Å²) < 4.78 is 67.3. The number of halogens is 4. The quantitative estimate of drug-likeness (QED) is 0.285. The van der Waals surface area contributed by atoms with Crippen molar-refractivity contribution in [1.29, 1.82) is 0 Å². The van der Waals surface area contributed by atoms with E-state index in [2.05, 4.69) is 27.0 Å². The monoisotopic (exact) mass is 622 g/mol. The maximum Gasteiger partial charge on any atom is 0.319 e. The van der Waals surface area contributed by atoms with Gasteiger partial charge in [0, 0.05) is 49.1 Å². The van der Waals surface area contributed by atoms with Crippen LogP contribution >= 0.6 is 0 Å². The fourth-order valence-electron chi connectivity index (χ4n) is 8.26. The van der Waals surface area contributed by atoms with Gasteiger partial charge in [0.1, 0.15) is 35.6 Å². The lowest BCUT2D eigenvalue weighted by Gasteiger charge is -2.42. The van der Waals surface area contributed by atoms with Gasteiger partial charge in [0.05, 0.1) is 16.6 Å². The number of rotatable bonds is 5. The second kappa shape index (κ2) is 10.7. The van der Waals surface area contributed by atoms with Crippen LogP contribution in [-0.4, -0.2) is 81.5 Å². The molecule has 4 aromatic rings. The second-order valence-electron chi connectivity index (χ2n) is 12.9. The minimum atomic E-state index is -1.15. The van der Waals surface area contributed by atoms with E-state index >= 15 is 8.78 Å². The Morgan fingerprint density at radius 2 is 1.96 bits per heavy atom. The van der Waals surface area contributed by atoms with Crippen LogP contribution in [-0.2, 0) is 6.42 Å². The lowest BCUT2D eigenvalue weighted by Crippen LogP contribution is -2.58. The first kappa shape index (κ1) is 28.7. The van der Waals surface area contributed by atoms with Gasteiger partial charge in [-0.3, -0.25) is 4.90 Å². The molecule has 3 saturated heterocycles. The molecule has 4 atom stereocenters. The Bertz CT molecular complexity index is 1840. The summed E-state index contributed by atoms with van der Waals surface area (Å²) in [6, 6.07) is 5.01. The summed E-state index contributed by atoms with van der Waals surface area (Å²) in [4.78, 5) is 18.5. The van der Waals surface area contributed by atoms with Crippen LogP contribution in [0.5, 0.6) is 11.8 Å². The minimum absolute atomic E-state index is 0.0201. The highest BCUT2D eigenvalue weighted by Gasteiger charge is 2.49. The maximum absolute atomic E-state index is 16.9. The molecule has 236 valence electrons. The summed E-state index contributed by atoms with van der Waals surface area (Å²) in [5, 5.41) is 14.6. The molecule has 0 spiro atoms. The van der Waals surface area contributed by atoms with E-state index in [-0.39, 0.29) is 58.0 Å². The molecule has 6 heterocycles. The first-order valence-electron chi connectivity index (χ1n) is 15.8. The number of phenolic OH excluding ortho intramolecular Hbond substituents is 1. The standard InChI is InChI=1S/C33H34F4N6O2/c1-2-22-24-7-6-23-26-30(28(37)29(39-23)20-13-19(44)12-17-4-5-21(35)27(36)25(17)20)40-32(41-31(26)43(24)11-9-38-22)45-16-33-8-3-10-42(33)15-18(34)14-33/h4-5,12-13,18,22,24,38,44H,2-3,6-11,14-16H2,1H3/t18-,22+,24-,33+/m1/s1. The normalized spacial score (nSPS) is 26.3. The molecule has 0 unspecified atom stereocenters. The maximum atomic E-state index is 16.9. The van der Waals surface area contributed by atoms with Gasteiger partial charge in [-0.25, -0.2) is 22.5 Å². The van der Waals surface area contributed by atoms with Crippen molar-refractivity contribution in [3.63, 3.8) is 0 Å². The predicted octanol–water partition coefficient (Wildman–Crippen LogP) is 5.43. The molecule has 0 amide bonds. The number of aryl methyl sites for hydroxylation is 1. The Morgan fingerprint density at radius 3 is 2.80 bits per heavy atom. The van der Waals surface area contributed by atoms with Crippen LogP contribution in [0.2, 0.25) is 0 Å². The number of fused-ring (bicyclic) bond motifs is 4. The number of hydrogen-bond donors (Lipinski definition) is 2. The Hall–Kier alpha value is -3.77. The highest BCUT2D eigenvalue weighted by molar-refractivity contribution is 6.01. The van der Waals surface area contributed by atoms with Crippen LogP contribution in [0, 0.1) is 17.5 Å². The Kier molecular flexibility index (Phi) is 6.79. The molecule has 2 N–H and O–H groups in total. The summed E-state index contributed by atoms with van der Waals surface area (Å²) >= 11 is 0. The number of nitrogens with zero attached hydrogens (tertiary/aromatic N) is 5. The van der Waals surface area contributed by atoms with Gasteiger partial charge in [0.15, 0.2) is 17.5 Å². The van der Waals surface area contributed by atoms with Crippen LogP contribution in [0.3, 0.4) is 0 Å². The molecule has 0 aliphatic carbocycles. The largest absolute Gasteiger partial charge is 0.508 e. The van der Waals surface area contributed by atoms with Crippen LogP contribution in [0.15, 0.2) is 24.3 Å². The van der Waals surface area contributed by atoms with Crippen molar-refractivity contribution in [2.45, 2.75) is 69.2 Å². The number of phenols is 1. The summed E-state index contributed by atoms with van der Waals surface area (Å²) in [5.41, 5.74) is -0.259. The van der Waals surface area contributed by atoms with E-state index in [9.17, 15) is 13.9 Å². The molecular weight excluding hydrogens is 588 g/mol. The number of nitrogens with one attached hydrogen (secondary N) is 1. The van der Waals surface area contributed by atoms with Gasteiger partial charge in [-0.1, -0.05) is 13.0 Å². The number of alkyl halides is 1. The molecule has 0 bridgehead atoms. The van der Waals surface area contributed by atoms with Gasteiger partial charge in [-0.15, -0.1) is 0 Å². The van der Waals surface area contributed by atoms with Crippen molar-refractivity contribution < 1.29 is 27.4 Å². The minimum Gasteiger partial charge on any atom is -0.508 e. The van der Waals surface area contributed by atoms with Crippen molar-refractivity contribution in [2.75, 3.05) is 37.7 Å². The fourth-order valence-corrected chi connectivity index (χ4v) is 8.26. The molecule has 0 radical (unpaired) electrons. The number of aromatic nitrogens is 3. The molecule has 45 heavy (non-hydrogen) atoms. The molecule has 2 aromatic heterocycles. The van der Waals surface area contributed by atoms with Gasteiger partial charge in [-0.05, 0) is 62.2 Å². The lowest BCUT2D eigenvalue weighted by molar-refractivity contribution is 0.107. The molecule has 12 heteroatoms. The number of aromatic hydroxyl groups is 1. The SMILES string of the molecule is CC[C@@H]1NCCN2c3nc(OC[C@@]45CCCN4C[C@H](F)C5)nc4c(F)c(-c5cc(O)cc6ccc(F)c(F)c56)nc(c34)CC[C@H]12. The van der Waals surface area contributed by atoms with E-state index in [1.807, 2.05) is 0 Å². The molecule has 8 rings (SSSR count). The number of piperazine rings is 1. The third kappa shape index (κ3) is 4.51. The van der Waals surface area contributed by atoms with Crippen LogP contribution in [0.1, 0.15) is 44.7 Å². The summed E-state index contributed by atoms with van der Waals surface area (Å²) in [6.07, 6.45) is 3.23. The highest BCUT2D eigenvalue weighted by Crippen LogP contribution is 2.43. The van der Waals surface area contributed by atoms with Gasteiger partial charge in [0.2, 0.25) is 0 Å². The number of ether oxygens (including phenoxy) is 1. The third-order valence-corrected chi connectivity index (χ3v) is 10.3. The van der Waals surface area contributed by atoms with Gasteiger partial charge in [0.25, 0.3) is 0 Å². The molecule has 8 nitrogen and oxygen atoms in total. The van der Waals surface area contributed by atoms with Crippen molar-refractivity contribution in [3.05, 3.63) is 47.4 Å². The zero-order valence-electron chi connectivity index (χ0n) is 24.9. The van der Waals surface area contributed by atoms with E-state index in [1.165, 1.54) is 18.2 Å². The first-order chi connectivity index (χ1) is 21.8. The van der Waals surface area contributed by atoms with Crippen LogP contribution in [0.4, 0.5) is 23.4 Å². The molecule has 3 fully saturated rings. The summed E-state index contributed by atoms with van der Waals surface area (Å²) in [6.45, 7) is 4.82. The fraction of sp³-hybridized carbons (Fsp3) is 0.485. The zero-order valence-corrected chi connectivity index (χ0v) is 24.9. The van der Waals surface area contributed by atoms with Gasteiger partial charge in [-0.2, -0.15) is 9.97 Å². The number of anilines is 1. The van der Waals surface area contributed by atoms with E-state index in [0.29, 0.717) is 49.2 Å². The summed E-state index contributed by atoms with van der Waals surface area (Å²) in [7, 11) is 0. The van der Waals surface area contributed by atoms with Crippen LogP contribution < -0.4 is 15.0 Å². The lowest BCUT2D eigenvalue weighted by atomic mass is 9.95. The number of hydrogen-bond acceptors (Lipinski definition) is 8. The first-order valence-corrected chi connectivity index (χ1v) is 15.8. The molecule has 2 aromatic carbocycles. The van der Waals surface area contributed by atoms with E-state index in [0.717, 1.165) is 38.4 Å². The molecular formula is C33H34F4N6O2.